The van der Waals surface area contributed by atoms with Gasteiger partial charge in [0.2, 0.25) is 20.6 Å². The van der Waals surface area contributed by atoms with Crippen LogP contribution in [0.3, 0.4) is 0 Å². The SMILES string of the molecule is O=C(C[C@@]1(S(=O)(=O)c2ccc(F)cc2Cl)Nc2ccccc2NC1=O)NCCc1ccncc1. The zero-order chi connectivity index (χ0) is 24.3. The summed E-state index contributed by atoms with van der Waals surface area (Å²) >= 11 is 6.05. The number of hydrogen-bond donors (Lipinski definition) is 3. The number of para-hydroxylation sites is 2. The molecule has 0 fully saturated rings. The molecule has 2 amide bonds. The van der Waals surface area contributed by atoms with Crippen LogP contribution >= 0.6 is 11.6 Å². The van der Waals surface area contributed by atoms with Crippen molar-refractivity contribution < 1.29 is 22.4 Å². The molecule has 1 aliphatic rings. The highest BCUT2D eigenvalue weighted by Crippen LogP contribution is 2.40. The Kier molecular flexibility index (Phi) is 6.54. The number of nitrogens with zero attached hydrogens (tertiary/aromatic N) is 1. The lowest BCUT2D eigenvalue weighted by molar-refractivity contribution is -0.125. The minimum absolute atomic E-state index is 0.217. The molecule has 1 atom stereocenters. The van der Waals surface area contributed by atoms with Crippen LogP contribution in [0.25, 0.3) is 0 Å². The van der Waals surface area contributed by atoms with Gasteiger partial charge in [-0.25, -0.2) is 12.8 Å². The van der Waals surface area contributed by atoms with Gasteiger partial charge in [-0.2, -0.15) is 0 Å². The molecule has 1 aromatic heterocycles. The molecule has 3 aromatic rings. The maximum Gasteiger partial charge on any atom is 0.266 e. The zero-order valence-electron chi connectivity index (χ0n) is 17.7. The summed E-state index contributed by atoms with van der Waals surface area (Å²) in [7, 11) is -4.63. The van der Waals surface area contributed by atoms with E-state index < -0.39 is 48.7 Å². The Hall–Kier alpha value is -3.50. The highest BCUT2D eigenvalue weighted by Gasteiger charge is 2.55. The Morgan fingerprint density at radius 3 is 2.50 bits per heavy atom. The van der Waals surface area contributed by atoms with Crippen LogP contribution in [0.2, 0.25) is 5.02 Å². The predicted molar refractivity (Wildman–Crippen MR) is 126 cm³/mol. The Morgan fingerprint density at radius 2 is 1.79 bits per heavy atom. The summed E-state index contributed by atoms with van der Waals surface area (Å²) in [5.41, 5.74) is 1.60. The van der Waals surface area contributed by atoms with Crippen LogP contribution in [-0.2, 0) is 25.8 Å². The first-order valence-electron chi connectivity index (χ1n) is 10.3. The molecule has 0 saturated heterocycles. The van der Waals surface area contributed by atoms with E-state index in [0.29, 0.717) is 17.8 Å². The maximum absolute atomic E-state index is 13.8. The first-order valence-corrected chi connectivity index (χ1v) is 12.1. The third-order valence-electron chi connectivity index (χ3n) is 5.42. The van der Waals surface area contributed by atoms with Gasteiger partial charge in [-0.3, -0.25) is 14.6 Å². The van der Waals surface area contributed by atoms with Crippen LogP contribution < -0.4 is 16.0 Å². The summed E-state index contributed by atoms with van der Waals surface area (Å²) in [5.74, 6) is -2.35. The second kappa shape index (κ2) is 9.40. The van der Waals surface area contributed by atoms with Crippen LogP contribution in [0, 0.1) is 5.82 Å². The van der Waals surface area contributed by atoms with E-state index in [2.05, 4.69) is 20.9 Å². The van der Waals surface area contributed by atoms with Gasteiger partial charge in [0.25, 0.3) is 5.91 Å². The van der Waals surface area contributed by atoms with Gasteiger partial charge in [-0.1, -0.05) is 23.7 Å². The minimum atomic E-state index is -4.63. The van der Waals surface area contributed by atoms with Gasteiger partial charge >= 0.3 is 0 Å². The topological polar surface area (TPSA) is 117 Å². The number of carbonyl (C=O) groups excluding carboxylic acids is 2. The molecule has 2 heterocycles. The molecule has 3 N–H and O–H groups in total. The number of carbonyl (C=O) groups is 2. The van der Waals surface area contributed by atoms with E-state index >= 15 is 0 Å². The van der Waals surface area contributed by atoms with Crippen molar-refractivity contribution in [1.29, 1.82) is 0 Å². The highest BCUT2D eigenvalue weighted by atomic mass is 35.5. The Labute approximate surface area is 200 Å². The Bertz CT molecular complexity index is 1350. The number of sulfone groups is 1. The smallest absolute Gasteiger partial charge is 0.266 e. The van der Waals surface area contributed by atoms with Crippen molar-refractivity contribution in [3.63, 3.8) is 0 Å². The van der Waals surface area contributed by atoms with Crippen molar-refractivity contribution in [2.24, 2.45) is 0 Å². The van der Waals surface area contributed by atoms with Crippen molar-refractivity contribution in [3.8, 4) is 0 Å². The standard InChI is InChI=1S/C23H20ClFN4O4S/c24-17-13-16(25)5-6-20(17)34(32,33)23(22(31)28-18-3-1-2-4-19(18)29-23)14-21(30)27-12-9-15-7-10-26-11-8-15/h1-8,10-11,13,29H,9,12,14H2,(H,27,30)(H,28,31)/t23-/m0/s1. The van der Waals surface area contributed by atoms with Gasteiger partial charge in [0.1, 0.15) is 5.82 Å². The van der Waals surface area contributed by atoms with Crippen molar-refractivity contribution >= 4 is 44.6 Å². The number of hydrogen-bond acceptors (Lipinski definition) is 6. The summed E-state index contributed by atoms with van der Waals surface area (Å²) in [6, 6.07) is 12.8. The Balaban J connectivity index is 1.67. The van der Waals surface area contributed by atoms with E-state index in [-0.39, 0.29) is 6.54 Å². The van der Waals surface area contributed by atoms with Gasteiger partial charge < -0.3 is 16.0 Å². The summed E-state index contributed by atoms with van der Waals surface area (Å²) < 4.78 is 41.1. The number of halogens is 2. The molecule has 0 unspecified atom stereocenters. The summed E-state index contributed by atoms with van der Waals surface area (Å²) in [4.78, 5) is 27.2. The van der Waals surface area contributed by atoms with Gasteiger partial charge in [-0.15, -0.1) is 0 Å². The van der Waals surface area contributed by atoms with Gasteiger partial charge in [0.15, 0.2) is 0 Å². The summed E-state index contributed by atoms with van der Waals surface area (Å²) in [6.07, 6.45) is 3.00. The monoisotopic (exact) mass is 502 g/mol. The molecule has 34 heavy (non-hydrogen) atoms. The largest absolute Gasteiger partial charge is 0.357 e. The average molecular weight is 503 g/mol. The number of rotatable bonds is 7. The number of fused-ring (bicyclic) bond motifs is 1. The van der Waals surface area contributed by atoms with E-state index in [1.807, 2.05) is 0 Å². The maximum atomic E-state index is 13.8. The van der Waals surface area contributed by atoms with Gasteiger partial charge in [-0.05, 0) is 54.4 Å². The highest BCUT2D eigenvalue weighted by molar-refractivity contribution is 7.94. The quantitative estimate of drug-likeness (QED) is 0.427. The zero-order valence-corrected chi connectivity index (χ0v) is 19.3. The van der Waals surface area contributed by atoms with E-state index in [4.69, 9.17) is 11.6 Å². The fourth-order valence-electron chi connectivity index (χ4n) is 3.67. The number of pyridine rings is 1. The molecule has 0 saturated carbocycles. The fourth-order valence-corrected chi connectivity index (χ4v) is 5.94. The van der Waals surface area contributed by atoms with E-state index in [1.165, 1.54) is 0 Å². The number of amides is 2. The van der Waals surface area contributed by atoms with Crippen molar-refractivity contribution in [2.45, 2.75) is 22.6 Å². The number of aromatic nitrogens is 1. The molecule has 2 aromatic carbocycles. The molecule has 176 valence electrons. The number of nitrogens with one attached hydrogen (secondary N) is 3. The van der Waals surface area contributed by atoms with Crippen LogP contribution in [0.4, 0.5) is 15.8 Å². The van der Waals surface area contributed by atoms with Crippen molar-refractivity contribution in [1.82, 2.24) is 10.3 Å². The molecule has 0 aliphatic carbocycles. The van der Waals surface area contributed by atoms with Crippen molar-refractivity contribution in [2.75, 3.05) is 17.2 Å². The molecule has 11 heteroatoms. The van der Waals surface area contributed by atoms with Gasteiger partial charge in [0, 0.05) is 18.9 Å². The first-order chi connectivity index (χ1) is 16.2. The molecule has 8 nitrogen and oxygen atoms in total. The lowest BCUT2D eigenvalue weighted by atomic mass is 10.1. The summed E-state index contributed by atoms with van der Waals surface area (Å²) in [5, 5.41) is 7.58. The molecule has 1 aliphatic heterocycles. The van der Waals surface area contributed by atoms with Crippen LogP contribution in [0.1, 0.15) is 12.0 Å². The van der Waals surface area contributed by atoms with Crippen LogP contribution in [0.15, 0.2) is 71.9 Å². The van der Waals surface area contributed by atoms with Crippen LogP contribution in [0.5, 0.6) is 0 Å². The lowest BCUT2D eigenvalue weighted by Crippen LogP contribution is -2.60. The number of anilines is 2. The van der Waals surface area contributed by atoms with Gasteiger partial charge in [0.05, 0.1) is 27.7 Å². The fraction of sp³-hybridized carbons (Fsp3) is 0.174. The summed E-state index contributed by atoms with van der Waals surface area (Å²) in [6.45, 7) is 0.217. The normalized spacial score (nSPS) is 17.3. The Morgan fingerprint density at radius 1 is 1.09 bits per heavy atom. The minimum Gasteiger partial charge on any atom is -0.357 e. The molecular formula is C23H20ClFN4O4S. The lowest BCUT2D eigenvalue weighted by Gasteiger charge is -2.37. The predicted octanol–water partition coefficient (Wildman–Crippen LogP) is 3.16. The van der Waals surface area contributed by atoms with E-state index in [0.717, 1.165) is 23.8 Å². The average Bonchev–Trinajstić information content (AvgIpc) is 2.80. The van der Waals surface area contributed by atoms with E-state index in [9.17, 15) is 22.4 Å². The molecule has 4 rings (SSSR count). The van der Waals surface area contributed by atoms with Crippen molar-refractivity contribution in [3.05, 3.63) is 83.4 Å². The first kappa shape index (κ1) is 23.7. The second-order valence-corrected chi connectivity index (χ2v) is 10.2. The second-order valence-electron chi connectivity index (χ2n) is 7.66. The molecule has 0 radical (unpaired) electrons. The third kappa shape index (κ3) is 4.46. The van der Waals surface area contributed by atoms with E-state index in [1.54, 1.807) is 48.8 Å². The third-order valence-corrected chi connectivity index (χ3v) is 8.12. The molecule has 0 bridgehead atoms. The number of benzene rings is 2. The molecule has 0 spiro atoms. The van der Waals surface area contributed by atoms with Crippen LogP contribution in [-0.4, -0.2) is 36.6 Å². The molecular weight excluding hydrogens is 483 g/mol.